The molecule has 0 saturated heterocycles. The summed E-state index contributed by atoms with van der Waals surface area (Å²) in [5.41, 5.74) is 8.10. The van der Waals surface area contributed by atoms with Gasteiger partial charge in [0.2, 0.25) is 0 Å². The maximum Gasteiger partial charge on any atom is 0.125 e. The smallest absolute Gasteiger partial charge is 0.125 e. The highest BCUT2D eigenvalue weighted by atomic mass is 19.1. The Bertz CT molecular complexity index is 703. The molecule has 2 N–H and O–H groups in total. The zero-order valence-electron chi connectivity index (χ0n) is 10.2. The van der Waals surface area contributed by atoms with Crippen molar-refractivity contribution in [2.24, 2.45) is 5.73 Å². The Balaban J connectivity index is 2.33. The van der Waals surface area contributed by atoms with Crippen molar-refractivity contribution >= 4 is 0 Å². The number of benzene rings is 2. The summed E-state index contributed by atoms with van der Waals surface area (Å²) in [6, 6.07) is 13.5. The van der Waals surface area contributed by atoms with Crippen LogP contribution in [0.5, 0.6) is 0 Å². The molecule has 0 bridgehead atoms. The minimum Gasteiger partial charge on any atom is -0.326 e. The summed E-state index contributed by atoms with van der Waals surface area (Å²) in [5, 5.41) is 8.76. The van der Waals surface area contributed by atoms with Gasteiger partial charge in [-0.3, -0.25) is 0 Å². The van der Waals surface area contributed by atoms with E-state index in [2.05, 4.69) is 11.8 Å². The van der Waals surface area contributed by atoms with Gasteiger partial charge in [-0.1, -0.05) is 24.0 Å². The topological polar surface area (TPSA) is 49.8 Å². The molecule has 2 rings (SSSR count). The molecule has 2 nitrogen and oxygen atoms in total. The highest BCUT2D eigenvalue weighted by Gasteiger charge is 1.98. The van der Waals surface area contributed by atoms with E-state index in [9.17, 15) is 4.39 Å². The molecule has 2 aromatic rings. The lowest BCUT2D eigenvalue weighted by molar-refractivity contribution is 0.627. The van der Waals surface area contributed by atoms with Crippen LogP contribution in [0.25, 0.3) is 0 Å². The van der Waals surface area contributed by atoms with Crippen molar-refractivity contribution in [2.75, 3.05) is 0 Å². The van der Waals surface area contributed by atoms with Crippen LogP contribution in [-0.4, -0.2) is 0 Å². The zero-order chi connectivity index (χ0) is 13.7. The van der Waals surface area contributed by atoms with Gasteiger partial charge < -0.3 is 5.73 Å². The van der Waals surface area contributed by atoms with Gasteiger partial charge in [-0.25, -0.2) is 4.39 Å². The first-order chi connectivity index (χ1) is 9.21. The fourth-order valence-electron chi connectivity index (χ4n) is 1.65. The first-order valence-corrected chi connectivity index (χ1v) is 5.73. The molecule has 3 heteroatoms. The third-order valence-corrected chi connectivity index (χ3v) is 2.54. The molecule has 0 aliphatic rings. The van der Waals surface area contributed by atoms with Crippen LogP contribution in [0, 0.1) is 29.0 Å². The van der Waals surface area contributed by atoms with Crippen LogP contribution in [0.4, 0.5) is 4.39 Å². The average molecular weight is 250 g/mol. The number of halogens is 1. The molecule has 0 atom stereocenters. The SMILES string of the molecule is N#Cc1cc(F)cc(C#Cc2cccc(CN)c2)c1. The van der Waals surface area contributed by atoms with Crippen LogP contribution in [0.2, 0.25) is 0 Å². The number of nitrogens with two attached hydrogens (primary N) is 1. The maximum atomic E-state index is 13.2. The van der Waals surface area contributed by atoms with Crippen molar-refractivity contribution in [1.29, 1.82) is 5.26 Å². The third-order valence-electron chi connectivity index (χ3n) is 2.54. The highest BCUT2D eigenvalue weighted by molar-refractivity contribution is 5.46. The number of hydrogen-bond donors (Lipinski definition) is 1. The summed E-state index contributed by atoms with van der Waals surface area (Å²) in [4.78, 5) is 0. The molecule has 92 valence electrons. The van der Waals surface area contributed by atoms with Gasteiger partial charge in [0.05, 0.1) is 11.6 Å². The number of hydrogen-bond acceptors (Lipinski definition) is 2. The Morgan fingerprint density at radius 2 is 1.74 bits per heavy atom. The predicted octanol–water partition coefficient (Wildman–Crippen LogP) is 2.56. The van der Waals surface area contributed by atoms with Crippen LogP contribution in [0.15, 0.2) is 42.5 Å². The van der Waals surface area contributed by atoms with Crippen molar-refractivity contribution < 1.29 is 4.39 Å². The first-order valence-electron chi connectivity index (χ1n) is 5.73. The fourth-order valence-corrected chi connectivity index (χ4v) is 1.65. The molecule has 0 amide bonds. The van der Waals surface area contributed by atoms with Gasteiger partial charge in [0.1, 0.15) is 5.82 Å². The molecule has 0 saturated carbocycles. The van der Waals surface area contributed by atoms with E-state index in [-0.39, 0.29) is 5.56 Å². The summed E-state index contributed by atoms with van der Waals surface area (Å²) in [6.07, 6.45) is 0. The molecule has 0 aliphatic carbocycles. The molecule has 0 aliphatic heterocycles. The maximum absolute atomic E-state index is 13.2. The molecule has 2 aromatic carbocycles. The van der Waals surface area contributed by atoms with Crippen LogP contribution in [0.3, 0.4) is 0 Å². The number of rotatable bonds is 1. The van der Waals surface area contributed by atoms with E-state index < -0.39 is 5.82 Å². The van der Waals surface area contributed by atoms with Crippen molar-refractivity contribution in [1.82, 2.24) is 0 Å². The van der Waals surface area contributed by atoms with Gasteiger partial charge in [-0.05, 0) is 35.9 Å². The highest BCUT2D eigenvalue weighted by Crippen LogP contribution is 2.08. The Morgan fingerprint density at radius 1 is 1.00 bits per heavy atom. The van der Waals surface area contributed by atoms with Crippen LogP contribution in [-0.2, 0) is 6.54 Å². The summed E-state index contributed by atoms with van der Waals surface area (Å²) in [6.45, 7) is 0.452. The van der Waals surface area contributed by atoms with E-state index >= 15 is 0 Å². The van der Waals surface area contributed by atoms with Crippen LogP contribution in [0.1, 0.15) is 22.3 Å². The normalized spacial score (nSPS) is 9.32. The first kappa shape index (κ1) is 12.8. The largest absolute Gasteiger partial charge is 0.326 e. The quantitative estimate of drug-likeness (QED) is 0.791. The van der Waals surface area contributed by atoms with Crippen LogP contribution < -0.4 is 5.73 Å². The lowest BCUT2D eigenvalue weighted by atomic mass is 10.1. The standard InChI is InChI=1S/C16H11FN2/c17-16-8-13(7-15(9-16)11-19)5-4-12-2-1-3-14(6-12)10-18/h1-3,6-9H,10,18H2. The Morgan fingerprint density at radius 3 is 2.47 bits per heavy atom. The second-order valence-corrected chi connectivity index (χ2v) is 3.99. The Kier molecular flexibility index (Phi) is 3.93. The van der Waals surface area contributed by atoms with E-state index in [1.807, 2.05) is 30.3 Å². The predicted molar refractivity (Wildman–Crippen MR) is 71.4 cm³/mol. The van der Waals surface area contributed by atoms with E-state index in [4.69, 9.17) is 11.0 Å². The summed E-state index contributed by atoms with van der Waals surface area (Å²) < 4.78 is 13.2. The molecule has 19 heavy (non-hydrogen) atoms. The second kappa shape index (κ2) is 5.82. The molecule has 0 fully saturated rings. The van der Waals surface area contributed by atoms with Gasteiger partial charge in [0.25, 0.3) is 0 Å². The Labute approximate surface area is 111 Å². The van der Waals surface area contributed by atoms with E-state index in [0.717, 1.165) is 11.1 Å². The molecule has 0 unspecified atom stereocenters. The molecule has 0 heterocycles. The van der Waals surface area contributed by atoms with Gasteiger partial charge >= 0.3 is 0 Å². The third kappa shape index (κ3) is 3.42. The van der Waals surface area contributed by atoms with E-state index in [1.165, 1.54) is 12.1 Å². The van der Waals surface area contributed by atoms with Crippen molar-refractivity contribution in [3.05, 3.63) is 70.5 Å². The molecular formula is C16H11FN2. The van der Waals surface area contributed by atoms with Gasteiger partial charge in [0.15, 0.2) is 0 Å². The zero-order valence-corrected chi connectivity index (χ0v) is 10.2. The monoisotopic (exact) mass is 250 g/mol. The lowest BCUT2D eigenvalue weighted by Gasteiger charge is -1.96. The number of nitrogens with zero attached hydrogens (tertiary/aromatic N) is 1. The minimum atomic E-state index is -0.459. The van der Waals surface area contributed by atoms with Crippen molar-refractivity contribution in [2.45, 2.75) is 6.54 Å². The van der Waals surface area contributed by atoms with E-state index in [0.29, 0.717) is 12.1 Å². The lowest BCUT2D eigenvalue weighted by Crippen LogP contribution is -1.95. The second-order valence-electron chi connectivity index (χ2n) is 3.99. The fraction of sp³-hybridized carbons (Fsp3) is 0.0625. The molecule has 0 aromatic heterocycles. The van der Waals surface area contributed by atoms with Crippen molar-refractivity contribution in [3.63, 3.8) is 0 Å². The summed E-state index contributed by atoms with van der Waals surface area (Å²) >= 11 is 0. The summed E-state index contributed by atoms with van der Waals surface area (Å²) in [7, 11) is 0. The van der Waals surface area contributed by atoms with Gasteiger partial charge in [-0.15, -0.1) is 0 Å². The average Bonchev–Trinajstić information content (AvgIpc) is 2.44. The molecule has 0 radical (unpaired) electrons. The van der Waals surface area contributed by atoms with Gasteiger partial charge in [0, 0.05) is 17.7 Å². The minimum absolute atomic E-state index is 0.264. The molecule has 0 spiro atoms. The van der Waals surface area contributed by atoms with Gasteiger partial charge in [-0.2, -0.15) is 5.26 Å². The Hall–Kier alpha value is -2.62. The molecular weight excluding hydrogens is 239 g/mol. The number of nitriles is 1. The van der Waals surface area contributed by atoms with Crippen molar-refractivity contribution in [3.8, 4) is 17.9 Å². The van der Waals surface area contributed by atoms with E-state index in [1.54, 1.807) is 6.07 Å². The van der Waals surface area contributed by atoms with Crippen LogP contribution >= 0.6 is 0 Å². The summed E-state index contributed by atoms with van der Waals surface area (Å²) in [5.74, 6) is 5.32.